The molecule has 1 aromatic rings. The monoisotopic (exact) mass is 306 g/mol. The summed E-state index contributed by atoms with van der Waals surface area (Å²) in [4.78, 5) is 0. The molecule has 1 nitrogen and oxygen atoms in total. The third-order valence-electron chi connectivity index (χ3n) is 1.86. The van der Waals surface area contributed by atoms with Gasteiger partial charge in [0.25, 0.3) is 0 Å². The SMILES string of the molecule is CC(C)C(O)c1cc(Br)cc(Br)c1. The predicted octanol–water partition coefficient (Wildman–Crippen LogP) is 3.90. The molecule has 0 saturated heterocycles. The maximum atomic E-state index is 9.80. The van der Waals surface area contributed by atoms with Crippen LogP contribution >= 0.6 is 31.9 Å². The van der Waals surface area contributed by atoms with Crippen molar-refractivity contribution in [1.82, 2.24) is 0 Å². The van der Waals surface area contributed by atoms with E-state index in [1.165, 1.54) is 0 Å². The van der Waals surface area contributed by atoms with E-state index in [-0.39, 0.29) is 5.92 Å². The topological polar surface area (TPSA) is 20.2 Å². The summed E-state index contributed by atoms with van der Waals surface area (Å²) in [5.41, 5.74) is 0.941. The predicted molar refractivity (Wildman–Crippen MR) is 61.6 cm³/mol. The van der Waals surface area contributed by atoms with Crippen LogP contribution < -0.4 is 0 Å². The summed E-state index contributed by atoms with van der Waals surface area (Å²) in [6, 6.07) is 5.83. The van der Waals surface area contributed by atoms with Crippen LogP contribution in [0.1, 0.15) is 25.5 Å². The highest BCUT2D eigenvalue weighted by molar-refractivity contribution is 9.11. The molecule has 0 heterocycles. The Morgan fingerprint density at radius 1 is 1.08 bits per heavy atom. The van der Waals surface area contributed by atoms with Crippen molar-refractivity contribution in [3.05, 3.63) is 32.7 Å². The van der Waals surface area contributed by atoms with Crippen molar-refractivity contribution in [2.45, 2.75) is 20.0 Å². The molecule has 0 amide bonds. The highest BCUT2D eigenvalue weighted by atomic mass is 79.9. The number of aliphatic hydroxyl groups is 1. The quantitative estimate of drug-likeness (QED) is 0.878. The van der Waals surface area contributed by atoms with Gasteiger partial charge >= 0.3 is 0 Å². The first-order chi connectivity index (χ1) is 6.00. The second kappa shape index (κ2) is 4.58. The van der Waals surface area contributed by atoms with Crippen LogP contribution in [-0.4, -0.2) is 5.11 Å². The Balaban J connectivity index is 3.01. The molecular weight excluding hydrogens is 296 g/mol. The highest BCUT2D eigenvalue weighted by Crippen LogP contribution is 2.27. The number of rotatable bonds is 2. The fourth-order valence-electron chi connectivity index (χ4n) is 1.13. The normalized spacial score (nSPS) is 13.4. The average molecular weight is 308 g/mol. The average Bonchev–Trinajstić information content (AvgIpc) is 2.01. The van der Waals surface area contributed by atoms with Gasteiger partial charge in [0.15, 0.2) is 0 Å². The van der Waals surface area contributed by atoms with Crippen LogP contribution in [0.3, 0.4) is 0 Å². The summed E-state index contributed by atoms with van der Waals surface area (Å²) in [6.45, 7) is 4.00. The second-order valence-electron chi connectivity index (χ2n) is 3.39. The summed E-state index contributed by atoms with van der Waals surface area (Å²) in [7, 11) is 0. The van der Waals surface area contributed by atoms with Crippen molar-refractivity contribution in [2.24, 2.45) is 5.92 Å². The molecule has 1 N–H and O–H groups in total. The van der Waals surface area contributed by atoms with Crippen LogP contribution in [0.4, 0.5) is 0 Å². The number of halogens is 2. The molecule has 0 aliphatic carbocycles. The lowest BCUT2D eigenvalue weighted by atomic mass is 9.99. The zero-order valence-corrected chi connectivity index (χ0v) is 10.8. The van der Waals surface area contributed by atoms with Crippen LogP contribution in [0.5, 0.6) is 0 Å². The van der Waals surface area contributed by atoms with E-state index in [2.05, 4.69) is 31.9 Å². The molecule has 3 heteroatoms. The number of benzene rings is 1. The Bertz CT molecular complexity index is 277. The Morgan fingerprint density at radius 3 is 1.92 bits per heavy atom. The number of aliphatic hydroxyl groups excluding tert-OH is 1. The maximum absolute atomic E-state index is 9.80. The molecule has 1 aromatic carbocycles. The van der Waals surface area contributed by atoms with Gasteiger partial charge in [0.2, 0.25) is 0 Å². The van der Waals surface area contributed by atoms with Gasteiger partial charge in [-0.2, -0.15) is 0 Å². The van der Waals surface area contributed by atoms with Crippen molar-refractivity contribution >= 4 is 31.9 Å². The lowest BCUT2D eigenvalue weighted by molar-refractivity contribution is 0.127. The van der Waals surface area contributed by atoms with E-state index in [0.29, 0.717) is 0 Å². The minimum Gasteiger partial charge on any atom is -0.388 e. The molecule has 0 aliphatic rings. The van der Waals surface area contributed by atoms with Crippen molar-refractivity contribution in [3.63, 3.8) is 0 Å². The van der Waals surface area contributed by atoms with Gasteiger partial charge in [-0.3, -0.25) is 0 Å². The molecule has 72 valence electrons. The van der Waals surface area contributed by atoms with Crippen LogP contribution in [0, 0.1) is 5.92 Å². The lowest BCUT2D eigenvalue weighted by Gasteiger charge is -2.15. The third-order valence-corrected chi connectivity index (χ3v) is 2.77. The lowest BCUT2D eigenvalue weighted by Crippen LogP contribution is -2.05. The molecule has 0 radical (unpaired) electrons. The molecule has 13 heavy (non-hydrogen) atoms. The van der Waals surface area contributed by atoms with Gasteiger partial charge in [-0.05, 0) is 29.7 Å². The second-order valence-corrected chi connectivity index (χ2v) is 5.22. The van der Waals surface area contributed by atoms with Crippen molar-refractivity contribution in [2.75, 3.05) is 0 Å². The first-order valence-electron chi connectivity index (χ1n) is 4.14. The summed E-state index contributed by atoms with van der Waals surface area (Å²) < 4.78 is 1.97. The zero-order valence-electron chi connectivity index (χ0n) is 7.59. The molecule has 0 fully saturated rings. The van der Waals surface area contributed by atoms with E-state index in [4.69, 9.17) is 0 Å². The molecule has 1 rings (SSSR count). The minimum absolute atomic E-state index is 0.237. The van der Waals surface area contributed by atoms with Crippen molar-refractivity contribution in [1.29, 1.82) is 0 Å². The van der Waals surface area contributed by atoms with E-state index in [1.54, 1.807) is 0 Å². The molecule has 0 aromatic heterocycles. The van der Waals surface area contributed by atoms with Gasteiger partial charge in [0.05, 0.1) is 6.10 Å². The van der Waals surface area contributed by atoms with Gasteiger partial charge in [0, 0.05) is 8.95 Å². The van der Waals surface area contributed by atoms with Gasteiger partial charge in [-0.25, -0.2) is 0 Å². The van der Waals surface area contributed by atoms with Crippen LogP contribution in [0.25, 0.3) is 0 Å². The van der Waals surface area contributed by atoms with E-state index in [0.717, 1.165) is 14.5 Å². The van der Waals surface area contributed by atoms with E-state index < -0.39 is 6.10 Å². The molecule has 1 unspecified atom stereocenters. The fraction of sp³-hybridized carbons (Fsp3) is 0.400. The minimum atomic E-state index is -0.395. The Labute approximate surface area is 95.4 Å². The van der Waals surface area contributed by atoms with Crippen molar-refractivity contribution < 1.29 is 5.11 Å². The van der Waals surface area contributed by atoms with Gasteiger partial charge in [-0.1, -0.05) is 45.7 Å². The summed E-state index contributed by atoms with van der Waals surface area (Å²) in [5, 5.41) is 9.80. The highest BCUT2D eigenvalue weighted by Gasteiger charge is 2.12. The molecule has 0 saturated carbocycles. The van der Waals surface area contributed by atoms with Crippen LogP contribution in [-0.2, 0) is 0 Å². The largest absolute Gasteiger partial charge is 0.388 e. The van der Waals surface area contributed by atoms with E-state index in [1.807, 2.05) is 32.0 Å². The van der Waals surface area contributed by atoms with Crippen LogP contribution in [0.15, 0.2) is 27.1 Å². The van der Waals surface area contributed by atoms with Gasteiger partial charge < -0.3 is 5.11 Å². The van der Waals surface area contributed by atoms with Gasteiger partial charge in [0.1, 0.15) is 0 Å². The summed E-state index contributed by atoms with van der Waals surface area (Å²) in [5.74, 6) is 0.237. The molecule has 0 bridgehead atoms. The summed E-state index contributed by atoms with van der Waals surface area (Å²) >= 11 is 6.78. The van der Waals surface area contributed by atoms with E-state index >= 15 is 0 Å². The Kier molecular flexibility index (Phi) is 3.95. The Hall–Kier alpha value is 0.140. The van der Waals surface area contributed by atoms with E-state index in [9.17, 15) is 5.11 Å². The fourth-order valence-corrected chi connectivity index (χ4v) is 2.46. The molecular formula is C10H12Br2O. The molecule has 0 spiro atoms. The molecule has 0 aliphatic heterocycles. The number of hydrogen-bond acceptors (Lipinski definition) is 1. The third kappa shape index (κ3) is 3.08. The standard InChI is InChI=1S/C10H12Br2O/c1-6(2)10(13)7-3-8(11)5-9(12)4-7/h3-6,10,13H,1-2H3. The molecule has 1 atom stereocenters. The Morgan fingerprint density at radius 2 is 1.54 bits per heavy atom. The first kappa shape index (κ1) is 11.2. The zero-order chi connectivity index (χ0) is 10.0. The first-order valence-corrected chi connectivity index (χ1v) is 5.73. The summed E-state index contributed by atoms with van der Waals surface area (Å²) in [6.07, 6.45) is -0.395. The smallest absolute Gasteiger partial charge is 0.0813 e. The van der Waals surface area contributed by atoms with Gasteiger partial charge in [-0.15, -0.1) is 0 Å². The van der Waals surface area contributed by atoms with Crippen LogP contribution in [0.2, 0.25) is 0 Å². The number of hydrogen-bond donors (Lipinski definition) is 1. The van der Waals surface area contributed by atoms with Crippen molar-refractivity contribution in [3.8, 4) is 0 Å². The maximum Gasteiger partial charge on any atom is 0.0813 e.